The van der Waals surface area contributed by atoms with E-state index in [-0.39, 0.29) is 74.7 Å². The first-order valence-electron chi connectivity index (χ1n) is 0. The molecule has 0 aromatic rings. The van der Waals surface area contributed by atoms with Crippen LogP contribution >= 0.6 is 0 Å². The van der Waals surface area contributed by atoms with Crippen LogP contribution in [0.5, 0.6) is 0 Å². The summed E-state index contributed by atoms with van der Waals surface area (Å²) in [6, 6.07) is 0. The fraction of sp³-hybridized carbons (Fsp3) is 0. The summed E-state index contributed by atoms with van der Waals surface area (Å²) < 4.78 is 0. The molecule has 0 rings (SSSR count). The summed E-state index contributed by atoms with van der Waals surface area (Å²) in [4.78, 5) is 0. The van der Waals surface area contributed by atoms with Crippen molar-refractivity contribution in [3.05, 3.63) is 14.9 Å². The molecule has 3 heteroatoms. The molecule has 5 heavy (non-hydrogen) atoms. The van der Waals surface area contributed by atoms with E-state index < -0.39 is 0 Å². The number of rotatable bonds is 0. The largest absolute Gasteiger partial charge is 4.00 e. The first kappa shape index (κ1) is 69.3. The molecule has 0 heterocycles. The molecule has 0 aromatic heterocycles. The van der Waals surface area contributed by atoms with Crippen molar-refractivity contribution in [3.63, 3.8) is 0 Å². The van der Waals surface area contributed by atoms with Gasteiger partial charge in [-0.25, -0.2) is 0 Å². The molecule has 0 unspecified atom stereocenters. The second-order valence-corrected chi connectivity index (χ2v) is 0. The Kier molecular flexibility index (Phi) is 563. The van der Waals surface area contributed by atoms with E-state index in [0.29, 0.717) is 0 Å². The molecule has 0 bridgehead atoms. The Morgan fingerprint density at radius 2 is 0.600 bits per heavy atom. The van der Waals surface area contributed by atoms with Gasteiger partial charge in [0.2, 0.25) is 0 Å². The summed E-state index contributed by atoms with van der Waals surface area (Å²) >= 11 is 0. The Hall–Kier alpha value is 1.83. The van der Waals surface area contributed by atoms with E-state index in [9.17, 15) is 0 Å². The molecule has 32 valence electrons. The Bertz CT molecular complexity index is 7.61. The Morgan fingerprint density at radius 3 is 0.600 bits per heavy atom. The van der Waals surface area contributed by atoms with Crippen LogP contribution in [0.1, 0.15) is 0 Å². The van der Waals surface area contributed by atoms with Gasteiger partial charge in [0.05, 0.1) is 0 Å². The molecule has 0 saturated heterocycles. The molecule has 0 spiro atoms. The van der Waals surface area contributed by atoms with E-state index in [1.807, 2.05) is 0 Å². The molecule has 0 fully saturated rings. The minimum atomic E-state index is 0. The van der Waals surface area contributed by atoms with Gasteiger partial charge in [-0.15, -0.1) is 0 Å². The maximum Gasteiger partial charge on any atom is 4.00 e. The van der Waals surface area contributed by atoms with Gasteiger partial charge in [-0.05, 0) is 0 Å². The molecule has 0 saturated carbocycles. The summed E-state index contributed by atoms with van der Waals surface area (Å²) in [5, 5.41) is 0. The first-order chi connectivity index (χ1) is 0. The fourth-order valence-electron chi connectivity index (χ4n) is 0. The van der Waals surface area contributed by atoms with Gasteiger partial charge in [-0.2, -0.15) is 0 Å². The van der Waals surface area contributed by atoms with Gasteiger partial charge in [-0.3, -0.25) is 0 Å². The first-order valence-corrected chi connectivity index (χ1v) is 0. The normalized spacial score (nSPS) is 0. The topological polar surface area (TPSA) is 0 Å². The Balaban J connectivity index is 0. The van der Waals surface area contributed by atoms with Gasteiger partial charge in [0.25, 0.3) is 0 Å². The molecular formula is C2H6Br2Hf. The summed E-state index contributed by atoms with van der Waals surface area (Å²) in [6.45, 7) is 0. The average Bonchev–Trinajstić information content (AvgIpc) is 0. The fourth-order valence-corrected chi connectivity index (χ4v) is 0. The molecule has 0 aliphatic rings. The van der Waals surface area contributed by atoms with Crippen LogP contribution in [0.15, 0.2) is 0 Å². The van der Waals surface area contributed by atoms with E-state index in [1.165, 1.54) is 0 Å². The summed E-state index contributed by atoms with van der Waals surface area (Å²) in [6.07, 6.45) is 0. The maximum absolute atomic E-state index is 0. The smallest absolute Gasteiger partial charge is 1.00 e. The van der Waals surface area contributed by atoms with Gasteiger partial charge in [0, 0.05) is 0 Å². The van der Waals surface area contributed by atoms with Crippen LogP contribution in [0.25, 0.3) is 0 Å². The van der Waals surface area contributed by atoms with E-state index in [2.05, 4.69) is 0 Å². The Labute approximate surface area is 74.0 Å². The van der Waals surface area contributed by atoms with Crippen LogP contribution in [0.3, 0.4) is 0 Å². The molecule has 0 N–H and O–H groups in total. The van der Waals surface area contributed by atoms with Crippen LogP contribution in [-0.2, 0) is 25.8 Å². The maximum atomic E-state index is 0. The molecule has 0 atom stereocenters. The molecule has 0 radical (unpaired) electrons. The summed E-state index contributed by atoms with van der Waals surface area (Å²) in [5.74, 6) is 0. The van der Waals surface area contributed by atoms with Crippen LogP contribution in [0.2, 0.25) is 0 Å². The van der Waals surface area contributed by atoms with Gasteiger partial charge < -0.3 is 48.8 Å². The van der Waals surface area contributed by atoms with Crippen molar-refractivity contribution in [2.45, 2.75) is 0 Å². The van der Waals surface area contributed by atoms with E-state index in [4.69, 9.17) is 0 Å². The zero-order chi connectivity index (χ0) is 0. The summed E-state index contributed by atoms with van der Waals surface area (Å²) in [5.41, 5.74) is 0. The third-order valence-corrected chi connectivity index (χ3v) is 0. The molecule has 0 amide bonds. The van der Waals surface area contributed by atoms with Crippen molar-refractivity contribution in [3.8, 4) is 0 Å². The van der Waals surface area contributed by atoms with Crippen molar-refractivity contribution < 1.29 is 59.8 Å². The second kappa shape index (κ2) is 40.6. The predicted octanol–water partition coefficient (Wildman–Crippen LogP) is -5.09. The minimum absolute atomic E-state index is 0. The van der Waals surface area contributed by atoms with Crippen molar-refractivity contribution in [2.24, 2.45) is 0 Å². The van der Waals surface area contributed by atoms with Crippen LogP contribution in [0, 0.1) is 14.9 Å². The minimum Gasteiger partial charge on any atom is -1.00 e. The van der Waals surface area contributed by atoms with Crippen molar-refractivity contribution in [2.75, 3.05) is 0 Å². The standard InChI is InChI=1S/2CH3.2BrH.Hf/h2*1H3;2*1H;/q2*-1;;;+4/p-2. The van der Waals surface area contributed by atoms with Gasteiger partial charge in [-0.1, -0.05) is 0 Å². The average molecular weight is 368 g/mol. The van der Waals surface area contributed by atoms with Crippen LogP contribution < -0.4 is 34.0 Å². The molecule has 0 aromatic carbocycles. The van der Waals surface area contributed by atoms with Crippen molar-refractivity contribution >= 4 is 0 Å². The number of hydrogen-bond acceptors (Lipinski definition) is 0. The Morgan fingerprint density at radius 1 is 0.600 bits per heavy atom. The molecular weight excluding hydrogens is 362 g/mol. The molecule has 0 aliphatic heterocycles. The zero-order valence-corrected chi connectivity index (χ0v) is 10.0. The van der Waals surface area contributed by atoms with Crippen LogP contribution in [0.4, 0.5) is 0 Å². The van der Waals surface area contributed by atoms with E-state index in [0.717, 1.165) is 0 Å². The predicted molar refractivity (Wildman–Crippen MR) is 12.8 cm³/mol. The number of hydrogen-bond donors (Lipinski definition) is 0. The van der Waals surface area contributed by atoms with Crippen LogP contribution in [-0.4, -0.2) is 0 Å². The third-order valence-electron chi connectivity index (χ3n) is 0. The van der Waals surface area contributed by atoms with Crippen molar-refractivity contribution in [1.82, 2.24) is 0 Å². The van der Waals surface area contributed by atoms with E-state index in [1.54, 1.807) is 0 Å². The van der Waals surface area contributed by atoms with Crippen molar-refractivity contribution in [1.29, 1.82) is 0 Å². The molecule has 0 aliphatic carbocycles. The van der Waals surface area contributed by atoms with Gasteiger partial charge in [0.1, 0.15) is 0 Å². The quantitative estimate of drug-likeness (QED) is 0.297. The van der Waals surface area contributed by atoms with Gasteiger partial charge in [0.15, 0.2) is 0 Å². The van der Waals surface area contributed by atoms with Gasteiger partial charge >= 0.3 is 25.8 Å². The third kappa shape index (κ3) is 25.5. The molecule has 0 nitrogen and oxygen atoms in total. The monoisotopic (exact) mass is 368 g/mol. The zero-order valence-electron chi connectivity index (χ0n) is 3.26. The second-order valence-electron chi connectivity index (χ2n) is 0. The van der Waals surface area contributed by atoms with E-state index >= 15 is 0 Å². The number of halogens is 2. The summed E-state index contributed by atoms with van der Waals surface area (Å²) in [7, 11) is 0. The SMILES string of the molecule is [Br-].[Br-].[CH3-].[CH3-].[Hf+4].